The van der Waals surface area contributed by atoms with Crippen LogP contribution in [0, 0.1) is 13.8 Å². The van der Waals surface area contributed by atoms with Crippen LogP contribution in [-0.4, -0.2) is 13.2 Å². The lowest BCUT2D eigenvalue weighted by Crippen LogP contribution is -2.24. The van der Waals surface area contributed by atoms with Crippen molar-refractivity contribution in [2.45, 2.75) is 26.8 Å². The fraction of sp³-hybridized carbons (Fsp3) is 0.333. The number of ether oxygens (including phenoxy) is 1. The highest BCUT2D eigenvalue weighted by Crippen LogP contribution is 2.18. The van der Waals surface area contributed by atoms with Gasteiger partial charge in [0.05, 0.1) is 0 Å². The molecule has 0 radical (unpaired) electrons. The van der Waals surface area contributed by atoms with Crippen molar-refractivity contribution in [2.75, 3.05) is 13.2 Å². The molecule has 2 nitrogen and oxygen atoms in total. The van der Waals surface area contributed by atoms with E-state index < -0.39 is 0 Å². The maximum atomic E-state index is 5.84. The van der Waals surface area contributed by atoms with Gasteiger partial charge in [-0.05, 0) is 43.5 Å². The molecule has 0 aromatic heterocycles. The van der Waals surface area contributed by atoms with Crippen molar-refractivity contribution in [2.24, 2.45) is 0 Å². The Morgan fingerprint density at radius 3 is 2.55 bits per heavy atom. The number of benzene rings is 2. The molecule has 0 aliphatic rings. The van der Waals surface area contributed by atoms with Crippen LogP contribution >= 0.6 is 0 Å². The third kappa shape index (κ3) is 4.10. The second-order valence-corrected chi connectivity index (χ2v) is 5.20. The first-order valence-electron chi connectivity index (χ1n) is 7.15. The molecular weight excluding hydrogens is 246 g/mol. The third-order valence-corrected chi connectivity index (χ3v) is 3.45. The number of hydrogen-bond donors (Lipinski definition) is 1. The average Bonchev–Trinajstić information content (AvgIpc) is 2.47. The first-order chi connectivity index (χ1) is 9.66. The largest absolute Gasteiger partial charge is 0.492 e. The second-order valence-electron chi connectivity index (χ2n) is 5.20. The molecule has 2 rings (SSSR count). The molecule has 1 N–H and O–H groups in total. The molecule has 106 valence electrons. The van der Waals surface area contributed by atoms with E-state index in [-0.39, 0.29) is 0 Å². The van der Waals surface area contributed by atoms with Crippen LogP contribution in [0.25, 0.3) is 0 Å². The molecule has 0 aliphatic heterocycles. The minimum atomic E-state index is 0.346. The van der Waals surface area contributed by atoms with Gasteiger partial charge in [-0.3, -0.25) is 0 Å². The van der Waals surface area contributed by atoms with Crippen molar-refractivity contribution >= 4 is 0 Å². The zero-order valence-electron chi connectivity index (χ0n) is 12.5. The minimum absolute atomic E-state index is 0.346. The van der Waals surface area contributed by atoms with Crippen molar-refractivity contribution in [1.82, 2.24) is 5.32 Å². The van der Waals surface area contributed by atoms with E-state index >= 15 is 0 Å². The molecule has 0 heterocycles. The second kappa shape index (κ2) is 7.11. The molecule has 0 spiro atoms. The zero-order valence-corrected chi connectivity index (χ0v) is 12.5. The fourth-order valence-electron chi connectivity index (χ4n) is 2.16. The fourth-order valence-corrected chi connectivity index (χ4v) is 2.16. The number of nitrogens with one attached hydrogen (secondary N) is 1. The topological polar surface area (TPSA) is 21.3 Å². The maximum Gasteiger partial charge on any atom is 0.122 e. The molecule has 0 fully saturated rings. The van der Waals surface area contributed by atoms with Gasteiger partial charge >= 0.3 is 0 Å². The van der Waals surface area contributed by atoms with E-state index in [2.05, 4.69) is 68.6 Å². The Morgan fingerprint density at radius 1 is 1.05 bits per heavy atom. The predicted molar refractivity (Wildman–Crippen MR) is 84.3 cm³/mol. The highest BCUT2D eigenvalue weighted by molar-refractivity contribution is 5.35. The Hall–Kier alpha value is -1.80. The predicted octanol–water partition coefficient (Wildman–Crippen LogP) is 4.03. The Morgan fingerprint density at radius 2 is 1.80 bits per heavy atom. The molecule has 20 heavy (non-hydrogen) atoms. The van der Waals surface area contributed by atoms with Crippen molar-refractivity contribution in [3.8, 4) is 5.75 Å². The lowest BCUT2D eigenvalue weighted by atomic mass is 10.1. The van der Waals surface area contributed by atoms with E-state index in [4.69, 9.17) is 4.74 Å². The SMILES string of the molecule is Cc1ccc(C)c(OCCNC(C)c2ccccc2)c1. The molecule has 0 aliphatic carbocycles. The molecule has 1 atom stereocenters. The lowest BCUT2D eigenvalue weighted by molar-refractivity contribution is 0.305. The van der Waals surface area contributed by atoms with Crippen molar-refractivity contribution < 1.29 is 4.74 Å². The van der Waals surface area contributed by atoms with Gasteiger partial charge in [0, 0.05) is 12.6 Å². The smallest absolute Gasteiger partial charge is 0.122 e. The number of hydrogen-bond acceptors (Lipinski definition) is 2. The van der Waals surface area contributed by atoms with Crippen molar-refractivity contribution in [3.63, 3.8) is 0 Å². The van der Waals surface area contributed by atoms with Crippen LogP contribution in [0.4, 0.5) is 0 Å². The summed E-state index contributed by atoms with van der Waals surface area (Å²) in [5.41, 5.74) is 3.72. The summed E-state index contributed by atoms with van der Waals surface area (Å²) < 4.78 is 5.84. The van der Waals surface area contributed by atoms with Gasteiger partial charge in [0.25, 0.3) is 0 Å². The summed E-state index contributed by atoms with van der Waals surface area (Å²) in [4.78, 5) is 0. The van der Waals surface area contributed by atoms with Crippen LogP contribution in [0.1, 0.15) is 29.7 Å². The van der Waals surface area contributed by atoms with Crippen molar-refractivity contribution in [3.05, 3.63) is 65.2 Å². The Balaban J connectivity index is 1.78. The monoisotopic (exact) mass is 269 g/mol. The zero-order chi connectivity index (χ0) is 14.4. The van der Waals surface area contributed by atoms with Crippen LogP contribution in [0.5, 0.6) is 5.75 Å². The first kappa shape index (κ1) is 14.6. The van der Waals surface area contributed by atoms with Crippen LogP contribution in [0.3, 0.4) is 0 Å². The van der Waals surface area contributed by atoms with Gasteiger partial charge in [0.1, 0.15) is 12.4 Å². The highest BCUT2D eigenvalue weighted by atomic mass is 16.5. The van der Waals surface area contributed by atoms with Gasteiger partial charge in [-0.1, -0.05) is 42.5 Å². The molecule has 2 aromatic rings. The molecule has 0 bridgehead atoms. The molecule has 0 saturated heterocycles. The van der Waals surface area contributed by atoms with Crippen LogP contribution < -0.4 is 10.1 Å². The van der Waals surface area contributed by atoms with Gasteiger partial charge in [0.15, 0.2) is 0 Å². The van der Waals surface area contributed by atoms with Gasteiger partial charge < -0.3 is 10.1 Å². The van der Waals surface area contributed by atoms with E-state index in [0.717, 1.165) is 12.3 Å². The Labute approximate surface area is 121 Å². The van der Waals surface area contributed by atoms with Crippen LogP contribution in [0.2, 0.25) is 0 Å². The minimum Gasteiger partial charge on any atom is -0.492 e. The summed E-state index contributed by atoms with van der Waals surface area (Å²) in [6.45, 7) is 7.86. The first-order valence-corrected chi connectivity index (χ1v) is 7.15. The van der Waals surface area contributed by atoms with E-state index in [1.54, 1.807) is 0 Å². The van der Waals surface area contributed by atoms with E-state index in [1.807, 2.05) is 6.07 Å². The van der Waals surface area contributed by atoms with Gasteiger partial charge in [-0.25, -0.2) is 0 Å². The molecule has 0 amide bonds. The molecular formula is C18H23NO. The summed E-state index contributed by atoms with van der Waals surface area (Å²) in [5.74, 6) is 0.985. The van der Waals surface area contributed by atoms with E-state index in [1.165, 1.54) is 16.7 Å². The number of rotatable bonds is 6. The average molecular weight is 269 g/mol. The summed E-state index contributed by atoms with van der Waals surface area (Å²) in [6.07, 6.45) is 0. The standard InChI is InChI=1S/C18H23NO/c1-14-9-10-15(2)18(13-14)20-12-11-19-16(3)17-7-5-4-6-8-17/h4-10,13,16,19H,11-12H2,1-3H3. The van der Waals surface area contributed by atoms with E-state index in [0.29, 0.717) is 12.6 Å². The maximum absolute atomic E-state index is 5.84. The van der Waals surface area contributed by atoms with Crippen molar-refractivity contribution in [1.29, 1.82) is 0 Å². The van der Waals surface area contributed by atoms with Gasteiger partial charge in [-0.2, -0.15) is 0 Å². The number of aryl methyl sites for hydroxylation is 2. The third-order valence-electron chi connectivity index (χ3n) is 3.45. The summed E-state index contributed by atoms with van der Waals surface area (Å²) in [6, 6.07) is 17.1. The summed E-state index contributed by atoms with van der Waals surface area (Å²) >= 11 is 0. The lowest BCUT2D eigenvalue weighted by Gasteiger charge is -2.15. The van der Waals surface area contributed by atoms with Crippen LogP contribution in [0.15, 0.2) is 48.5 Å². The molecule has 2 heteroatoms. The summed E-state index contributed by atoms with van der Waals surface area (Å²) in [5, 5.41) is 3.48. The van der Waals surface area contributed by atoms with Crippen LogP contribution in [-0.2, 0) is 0 Å². The Bertz CT molecular complexity index is 536. The normalized spacial score (nSPS) is 12.2. The van der Waals surface area contributed by atoms with Gasteiger partial charge in [0.2, 0.25) is 0 Å². The van der Waals surface area contributed by atoms with E-state index in [9.17, 15) is 0 Å². The molecule has 0 saturated carbocycles. The highest BCUT2D eigenvalue weighted by Gasteiger charge is 2.04. The quantitative estimate of drug-likeness (QED) is 0.799. The van der Waals surface area contributed by atoms with Gasteiger partial charge in [-0.15, -0.1) is 0 Å². The summed E-state index contributed by atoms with van der Waals surface area (Å²) in [7, 11) is 0. The molecule has 1 unspecified atom stereocenters. The molecule has 2 aromatic carbocycles. The Kier molecular flexibility index (Phi) is 5.19.